The van der Waals surface area contributed by atoms with Gasteiger partial charge in [0.05, 0.1) is 15.7 Å². The quantitative estimate of drug-likeness (QED) is 0.781. The number of halogens is 2. The molecule has 0 aliphatic heterocycles. The molecule has 0 saturated heterocycles. The van der Waals surface area contributed by atoms with Crippen LogP contribution in [0.1, 0.15) is 10.7 Å². The minimum atomic E-state index is 0.388. The van der Waals surface area contributed by atoms with E-state index in [1.54, 1.807) is 18.2 Å². The van der Waals surface area contributed by atoms with Gasteiger partial charge in [-0.3, -0.25) is 0 Å². The molecule has 0 fully saturated rings. The number of hydrogen-bond acceptors (Lipinski definition) is 6. The van der Waals surface area contributed by atoms with Gasteiger partial charge in [-0.1, -0.05) is 28.4 Å². The molecular weight excluding hydrogens is 331 g/mol. The monoisotopic (exact) mass is 340 g/mol. The highest BCUT2D eigenvalue weighted by molar-refractivity contribution is 7.15. The van der Waals surface area contributed by atoms with Crippen LogP contribution in [0, 0.1) is 6.92 Å². The maximum atomic E-state index is 5.99. The van der Waals surface area contributed by atoms with Crippen molar-refractivity contribution in [2.75, 3.05) is 0 Å². The second-order valence-electron chi connectivity index (χ2n) is 4.28. The SMILES string of the molecule is Cc1nc(CN)sc1-c1nc(-c2ccc(Cl)c(Cl)c2)no1. The van der Waals surface area contributed by atoms with Gasteiger partial charge in [-0.15, -0.1) is 11.3 Å². The Labute approximate surface area is 134 Å². The van der Waals surface area contributed by atoms with Gasteiger partial charge in [0.1, 0.15) is 9.88 Å². The molecular formula is C13H10Cl2N4OS. The summed E-state index contributed by atoms with van der Waals surface area (Å²) in [4.78, 5) is 9.55. The van der Waals surface area contributed by atoms with Crippen LogP contribution in [0.4, 0.5) is 0 Å². The van der Waals surface area contributed by atoms with Gasteiger partial charge in [-0.25, -0.2) is 4.98 Å². The van der Waals surface area contributed by atoms with E-state index in [1.165, 1.54) is 11.3 Å². The lowest BCUT2D eigenvalue weighted by atomic mass is 10.2. The van der Waals surface area contributed by atoms with Crippen molar-refractivity contribution in [2.24, 2.45) is 5.73 Å². The topological polar surface area (TPSA) is 77.8 Å². The van der Waals surface area contributed by atoms with Crippen LogP contribution in [-0.4, -0.2) is 15.1 Å². The Morgan fingerprint density at radius 1 is 1.24 bits per heavy atom. The molecule has 5 nitrogen and oxygen atoms in total. The van der Waals surface area contributed by atoms with E-state index in [9.17, 15) is 0 Å². The Kier molecular flexibility index (Phi) is 3.95. The van der Waals surface area contributed by atoms with Gasteiger partial charge >= 0.3 is 0 Å². The molecule has 1 aromatic carbocycles. The van der Waals surface area contributed by atoms with Crippen molar-refractivity contribution >= 4 is 34.5 Å². The normalized spacial score (nSPS) is 11.0. The number of hydrogen-bond donors (Lipinski definition) is 1. The first-order valence-electron chi connectivity index (χ1n) is 6.04. The van der Waals surface area contributed by atoms with Crippen molar-refractivity contribution in [3.8, 4) is 22.2 Å². The third-order valence-electron chi connectivity index (χ3n) is 2.81. The van der Waals surface area contributed by atoms with Gasteiger partial charge in [-0.2, -0.15) is 4.98 Å². The molecule has 0 saturated carbocycles. The Morgan fingerprint density at radius 3 is 2.71 bits per heavy atom. The number of aromatic nitrogens is 3. The molecule has 0 aliphatic carbocycles. The Morgan fingerprint density at radius 2 is 2.05 bits per heavy atom. The molecule has 0 amide bonds. The maximum Gasteiger partial charge on any atom is 0.270 e. The predicted octanol–water partition coefficient (Wildman–Crippen LogP) is 3.93. The molecule has 0 atom stereocenters. The van der Waals surface area contributed by atoms with Crippen molar-refractivity contribution < 1.29 is 4.52 Å². The Balaban J connectivity index is 1.99. The van der Waals surface area contributed by atoms with Crippen LogP contribution < -0.4 is 5.73 Å². The molecule has 8 heteroatoms. The Bertz CT molecular complexity index is 799. The molecule has 21 heavy (non-hydrogen) atoms. The van der Waals surface area contributed by atoms with E-state index in [4.69, 9.17) is 33.5 Å². The highest BCUT2D eigenvalue weighted by Crippen LogP contribution is 2.31. The average Bonchev–Trinajstić information content (AvgIpc) is 3.08. The van der Waals surface area contributed by atoms with E-state index in [0.717, 1.165) is 21.1 Å². The summed E-state index contributed by atoms with van der Waals surface area (Å²) in [6.07, 6.45) is 0. The first kappa shape index (κ1) is 14.5. The van der Waals surface area contributed by atoms with Crippen LogP contribution in [0.25, 0.3) is 22.2 Å². The average molecular weight is 341 g/mol. The van der Waals surface area contributed by atoms with E-state index < -0.39 is 0 Å². The molecule has 3 aromatic rings. The van der Waals surface area contributed by atoms with Gasteiger partial charge in [-0.05, 0) is 25.1 Å². The molecule has 3 rings (SSSR count). The summed E-state index contributed by atoms with van der Waals surface area (Å²) in [5.41, 5.74) is 7.15. The standard InChI is InChI=1S/C13H10Cl2N4OS/c1-6-11(21-10(5-16)17-6)13-18-12(19-20-13)7-2-3-8(14)9(15)4-7/h2-4H,5,16H2,1H3. The Hall–Kier alpha value is -1.47. The smallest absolute Gasteiger partial charge is 0.270 e. The molecule has 0 bridgehead atoms. The lowest BCUT2D eigenvalue weighted by Crippen LogP contribution is -1.94. The summed E-state index contributed by atoms with van der Waals surface area (Å²) >= 11 is 13.3. The molecule has 2 N–H and O–H groups in total. The number of rotatable bonds is 3. The fourth-order valence-electron chi connectivity index (χ4n) is 1.81. The van der Waals surface area contributed by atoms with Gasteiger partial charge in [0.25, 0.3) is 5.89 Å². The minimum absolute atomic E-state index is 0.388. The highest BCUT2D eigenvalue weighted by Gasteiger charge is 2.17. The highest BCUT2D eigenvalue weighted by atomic mass is 35.5. The van der Waals surface area contributed by atoms with Gasteiger partial charge in [0.2, 0.25) is 5.82 Å². The van der Waals surface area contributed by atoms with Crippen LogP contribution in [0.2, 0.25) is 10.0 Å². The van der Waals surface area contributed by atoms with Crippen molar-refractivity contribution in [3.05, 3.63) is 38.9 Å². The molecule has 0 radical (unpaired) electrons. The van der Waals surface area contributed by atoms with Crippen LogP contribution in [-0.2, 0) is 6.54 Å². The maximum absolute atomic E-state index is 5.99. The fourth-order valence-corrected chi connectivity index (χ4v) is 2.97. The number of nitrogens with two attached hydrogens (primary N) is 1. The van der Waals surface area contributed by atoms with E-state index in [-0.39, 0.29) is 0 Å². The summed E-state index contributed by atoms with van der Waals surface area (Å²) in [6, 6.07) is 5.18. The first-order chi connectivity index (χ1) is 10.1. The number of benzene rings is 1. The number of aryl methyl sites for hydroxylation is 1. The second-order valence-corrected chi connectivity index (χ2v) is 6.18. The minimum Gasteiger partial charge on any atom is -0.333 e. The van der Waals surface area contributed by atoms with Gasteiger partial charge in [0, 0.05) is 12.1 Å². The zero-order chi connectivity index (χ0) is 15.0. The van der Waals surface area contributed by atoms with Crippen LogP contribution >= 0.6 is 34.5 Å². The van der Waals surface area contributed by atoms with Gasteiger partial charge in [0.15, 0.2) is 0 Å². The molecule has 0 spiro atoms. The van der Waals surface area contributed by atoms with Crippen LogP contribution in [0.3, 0.4) is 0 Å². The summed E-state index contributed by atoms with van der Waals surface area (Å²) in [6.45, 7) is 2.27. The lowest BCUT2D eigenvalue weighted by molar-refractivity contribution is 0.433. The molecule has 2 heterocycles. The van der Waals surface area contributed by atoms with E-state index in [2.05, 4.69) is 15.1 Å². The van der Waals surface area contributed by atoms with Crippen molar-refractivity contribution in [2.45, 2.75) is 13.5 Å². The predicted molar refractivity (Wildman–Crippen MR) is 83.5 cm³/mol. The zero-order valence-electron chi connectivity index (χ0n) is 10.9. The second kappa shape index (κ2) is 5.73. The summed E-state index contributed by atoms with van der Waals surface area (Å²) in [5, 5.41) is 5.73. The van der Waals surface area contributed by atoms with E-state index in [0.29, 0.717) is 28.3 Å². The largest absolute Gasteiger partial charge is 0.333 e. The number of thiazole rings is 1. The summed E-state index contributed by atoms with van der Waals surface area (Å²) < 4.78 is 5.31. The molecule has 0 unspecified atom stereocenters. The zero-order valence-corrected chi connectivity index (χ0v) is 13.3. The molecule has 108 valence electrons. The first-order valence-corrected chi connectivity index (χ1v) is 7.61. The van der Waals surface area contributed by atoms with E-state index in [1.807, 2.05) is 6.92 Å². The molecule has 2 aromatic heterocycles. The summed E-state index contributed by atoms with van der Waals surface area (Å²) in [5.74, 6) is 0.872. The third kappa shape index (κ3) is 2.80. The molecule has 0 aliphatic rings. The van der Waals surface area contributed by atoms with Crippen molar-refractivity contribution in [3.63, 3.8) is 0 Å². The van der Waals surface area contributed by atoms with Crippen molar-refractivity contribution in [1.82, 2.24) is 15.1 Å². The van der Waals surface area contributed by atoms with E-state index >= 15 is 0 Å². The van der Waals surface area contributed by atoms with Crippen molar-refractivity contribution in [1.29, 1.82) is 0 Å². The third-order valence-corrected chi connectivity index (χ3v) is 4.72. The summed E-state index contributed by atoms with van der Waals surface area (Å²) in [7, 11) is 0. The van der Waals surface area contributed by atoms with Crippen LogP contribution in [0.15, 0.2) is 22.7 Å². The lowest BCUT2D eigenvalue weighted by Gasteiger charge is -1.97. The van der Waals surface area contributed by atoms with Gasteiger partial charge < -0.3 is 10.3 Å². The number of nitrogens with zero attached hydrogens (tertiary/aromatic N) is 3. The fraction of sp³-hybridized carbons (Fsp3) is 0.154. The van der Waals surface area contributed by atoms with Crippen LogP contribution in [0.5, 0.6) is 0 Å².